The van der Waals surface area contributed by atoms with E-state index in [-0.39, 0.29) is 24.0 Å². The zero-order valence-electron chi connectivity index (χ0n) is 18.8. The predicted octanol–water partition coefficient (Wildman–Crippen LogP) is 3.62. The van der Waals surface area contributed by atoms with Crippen molar-refractivity contribution in [2.75, 3.05) is 30.1 Å². The largest absolute Gasteiger partial charge is 0.495 e. The van der Waals surface area contributed by atoms with Gasteiger partial charge in [-0.05, 0) is 38.1 Å². The normalized spacial score (nSPS) is 10.5. The molecular formula is C23H27N5O4S. The number of hydrogen-bond acceptors (Lipinski definition) is 7. The molecule has 0 unspecified atom stereocenters. The van der Waals surface area contributed by atoms with Crippen molar-refractivity contribution in [3.8, 4) is 11.5 Å². The van der Waals surface area contributed by atoms with Crippen LogP contribution < -0.4 is 20.1 Å². The van der Waals surface area contributed by atoms with Gasteiger partial charge in [0.15, 0.2) is 5.16 Å². The third kappa shape index (κ3) is 6.48. The summed E-state index contributed by atoms with van der Waals surface area (Å²) < 4.78 is 12.6. The Morgan fingerprint density at radius 1 is 0.939 bits per heavy atom. The van der Waals surface area contributed by atoms with E-state index in [1.54, 1.807) is 25.3 Å². The number of aromatic nitrogens is 3. The molecule has 3 aromatic rings. The van der Waals surface area contributed by atoms with Crippen LogP contribution in [0.3, 0.4) is 0 Å². The number of rotatable bonds is 11. The number of amides is 2. The number of ether oxygens (including phenoxy) is 2. The molecule has 10 heteroatoms. The highest BCUT2D eigenvalue weighted by Crippen LogP contribution is 2.25. The van der Waals surface area contributed by atoms with Crippen molar-refractivity contribution in [1.29, 1.82) is 0 Å². The van der Waals surface area contributed by atoms with E-state index in [2.05, 4.69) is 20.8 Å². The van der Waals surface area contributed by atoms with Gasteiger partial charge in [0.1, 0.15) is 17.3 Å². The number of nitrogens with zero attached hydrogens (tertiary/aromatic N) is 3. The second kappa shape index (κ2) is 11.9. The Balaban J connectivity index is 1.60. The van der Waals surface area contributed by atoms with Crippen LogP contribution >= 0.6 is 11.8 Å². The Hall–Kier alpha value is -3.53. The smallest absolute Gasteiger partial charge is 0.234 e. The number of hydrogen-bond donors (Lipinski definition) is 2. The van der Waals surface area contributed by atoms with Gasteiger partial charge in [-0.2, -0.15) is 0 Å². The molecule has 174 valence electrons. The molecule has 2 aromatic carbocycles. The lowest BCUT2D eigenvalue weighted by molar-refractivity contribution is -0.116. The average molecular weight is 470 g/mol. The Kier molecular flexibility index (Phi) is 8.71. The first-order valence-electron chi connectivity index (χ1n) is 10.5. The summed E-state index contributed by atoms with van der Waals surface area (Å²) in [5.74, 6) is 1.45. The molecule has 9 nitrogen and oxygen atoms in total. The van der Waals surface area contributed by atoms with Crippen molar-refractivity contribution in [2.24, 2.45) is 0 Å². The number of benzene rings is 2. The van der Waals surface area contributed by atoms with Gasteiger partial charge in [-0.1, -0.05) is 36.0 Å². The maximum atomic E-state index is 12.6. The maximum Gasteiger partial charge on any atom is 0.234 e. The second-order valence-corrected chi connectivity index (χ2v) is 7.78. The van der Waals surface area contributed by atoms with Crippen LogP contribution in [0.2, 0.25) is 0 Å². The van der Waals surface area contributed by atoms with Gasteiger partial charge in [0.25, 0.3) is 0 Å². The van der Waals surface area contributed by atoms with Crippen molar-refractivity contribution >= 4 is 35.0 Å². The topological polar surface area (TPSA) is 107 Å². The van der Waals surface area contributed by atoms with Crippen LogP contribution in [-0.4, -0.2) is 46.0 Å². The first kappa shape index (κ1) is 24.1. The van der Waals surface area contributed by atoms with Crippen molar-refractivity contribution in [1.82, 2.24) is 14.8 Å². The quantitative estimate of drug-likeness (QED) is 0.413. The SMILES string of the molecule is CCOc1ccccc1NC(=O)CSc1nnc(CC(=O)Nc2ccccc2OC)n1CC. The second-order valence-electron chi connectivity index (χ2n) is 6.83. The number of thioether (sulfide) groups is 1. The van der Waals surface area contributed by atoms with Crippen molar-refractivity contribution in [3.05, 3.63) is 54.4 Å². The van der Waals surface area contributed by atoms with Gasteiger partial charge in [-0.25, -0.2) is 0 Å². The molecule has 0 aliphatic heterocycles. The number of carbonyl (C=O) groups excluding carboxylic acids is 2. The molecule has 0 aliphatic carbocycles. The molecule has 0 radical (unpaired) electrons. The van der Waals surface area contributed by atoms with E-state index >= 15 is 0 Å². The summed E-state index contributed by atoms with van der Waals surface area (Å²) in [7, 11) is 1.55. The highest BCUT2D eigenvalue weighted by atomic mass is 32.2. The lowest BCUT2D eigenvalue weighted by Gasteiger charge is -2.11. The van der Waals surface area contributed by atoms with E-state index in [1.807, 2.05) is 48.7 Å². The van der Waals surface area contributed by atoms with Crippen LogP contribution in [0.4, 0.5) is 11.4 Å². The van der Waals surface area contributed by atoms with Crippen molar-refractivity contribution in [3.63, 3.8) is 0 Å². The van der Waals surface area contributed by atoms with Crippen molar-refractivity contribution in [2.45, 2.75) is 32.0 Å². The Bertz CT molecular complexity index is 1100. The first-order chi connectivity index (χ1) is 16.0. The zero-order valence-corrected chi connectivity index (χ0v) is 19.6. The maximum absolute atomic E-state index is 12.6. The number of para-hydroxylation sites is 4. The van der Waals surface area contributed by atoms with E-state index in [1.165, 1.54) is 11.8 Å². The summed E-state index contributed by atoms with van der Waals surface area (Å²) in [6, 6.07) is 14.5. The first-order valence-corrected chi connectivity index (χ1v) is 11.5. The van der Waals surface area contributed by atoms with Crippen LogP contribution in [0.15, 0.2) is 53.7 Å². The Labute approximate surface area is 196 Å². The van der Waals surface area contributed by atoms with Crippen molar-refractivity contribution < 1.29 is 19.1 Å². The average Bonchev–Trinajstić information content (AvgIpc) is 3.20. The van der Waals surface area contributed by atoms with Gasteiger partial charge in [-0.3, -0.25) is 9.59 Å². The molecule has 1 aromatic heterocycles. The van der Waals surface area contributed by atoms with Crippen LogP contribution in [0.25, 0.3) is 0 Å². The molecule has 2 N–H and O–H groups in total. The van der Waals surface area contributed by atoms with Gasteiger partial charge in [0, 0.05) is 6.54 Å². The molecule has 1 heterocycles. The molecule has 0 saturated heterocycles. The predicted molar refractivity (Wildman–Crippen MR) is 128 cm³/mol. The molecule has 0 aliphatic rings. The number of nitrogens with one attached hydrogen (secondary N) is 2. The third-order valence-electron chi connectivity index (χ3n) is 4.60. The summed E-state index contributed by atoms with van der Waals surface area (Å²) in [6.45, 7) is 4.91. The molecule has 0 spiro atoms. The minimum atomic E-state index is -0.233. The minimum absolute atomic E-state index is 0.0490. The molecule has 0 saturated carbocycles. The summed E-state index contributed by atoms with van der Waals surface area (Å²) >= 11 is 1.26. The molecular weight excluding hydrogens is 442 g/mol. The summed E-state index contributed by atoms with van der Waals surface area (Å²) in [6.07, 6.45) is 0.0490. The minimum Gasteiger partial charge on any atom is -0.495 e. The van der Waals surface area contributed by atoms with E-state index in [9.17, 15) is 9.59 Å². The van der Waals surface area contributed by atoms with Crippen LogP contribution in [0, 0.1) is 0 Å². The van der Waals surface area contributed by atoms with Gasteiger partial charge in [-0.15, -0.1) is 10.2 Å². The Morgan fingerprint density at radius 3 is 2.24 bits per heavy atom. The fourth-order valence-corrected chi connectivity index (χ4v) is 3.95. The van der Waals surface area contributed by atoms with E-state index < -0.39 is 0 Å². The number of anilines is 2. The highest BCUT2D eigenvalue weighted by molar-refractivity contribution is 7.99. The number of methoxy groups -OCH3 is 1. The fourth-order valence-electron chi connectivity index (χ4n) is 3.13. The molecule has 0 atom stereocenters. The van der Waals surface area contributed by atoms with Gasteiger partial charge < -0.3 is 24.7 Å². The van der Waals surface area contributed by atoms with Gasteiger partial charge in [0.05, 0.1) is 37.3 Å². The van der Waals surface area contributed by atoms with E-state index in [0.717, 1.165) is 0 Å². The molecule has 3 rings (SSSR count). The molecule has 33 heavy (non-hydrogen) atoms. The van der Waals surface area contributed by atoms with E-state index in [4.69, 9.17) is 9.47 Å². The van der Waals surface area contributed by atoms with Gasteiger partial charge >= 0.3 is 0 Å². The summed E-state index contributed by atoms with van der Waals surface area (Å²) in [5, 5.41) is 14.6. The Morgan fingerprint density at radius 2 is 1.58 bits per heavy atom. The molecule has 0 bridgehead atoms. The fraction of sp³-hybridized carbons (Fsp3) is 0.304. The lowest BCUT2D eigenvalue weighted by Crippen LogP contribution is -2.18. The highest BCUT2D eigenvalue weighted by Gasteiger charge is 2.17. The van der Waals surface area contributed by atoms with Gasteiger partial charge in [0.2, 0.25) is 11.8 Å². The van der Waals surface area contributed by atoms with Crippen LogP contribution in [-0.2, 0) is 22.6 Å². The zero-order chi connectivity index (χ0) is 23.6. The third-order valence-corrected chi connectivity index (χ3v) is 5.57. The summed E-state index contributed by atoms with van der Waals surface area (Å²) in [4.78, 5) is 25.0. The monoisotopic (exact) mass is 469 g/mol. The standard InChI is InChI=1S/C23H27N5O4S/c1-4-28-20(14-21(29)24-16-10-6-8-12-18(16)31-3)26-27-23(28)33-15-22(30)25-17-11-7-9-13-19(17)32-5-2/h6-13H,4-5,14-15H2,1-3H3,(H,24,29)(H,25,30). The number of carbonyl (C=O) groups is 2. The summed E-state index contributed by atoms with van der Waals surface area (Å²) in [5.41, 5.74) is 1.21. The molecule has 0 fully saturated rings. The van der Waals surface area contributed by atoms with Crippen LogP contribution in [0.1, 0.15) is 19.7 Å². The van der Waals surface area contributed by atoms with Crippen LogP contribution in [0.5, 0.6) is 11.5 Å². The molecule has 2 amide bonds. The lowest BCUT2D eigenvalue weighted by atomic mass is 10.2. The van der Waals surface area contributed by atoms with E-state index in [0.29, 0.717) is 47.0 Å².